The van der Waals surface area contributed by atoms with Gasteiger partial charge in [-0.2, -0.15) is 0 Å². The first-order valence-electron chi connectivity index (χ1n) is 20.7. The van der Waals surface area contributed by atoms with Gasteiger partial charge in [0.05, 0.1) is 12.2 Å². The second-order valence-corrected chi connectivity index (χ2v) is 17.4. The van der Waals surface area contributed by atoms with Crippen molar-refractivity contribution in [1.82, 2.24) is 9.80 Å². The molecule has 0 amide bonds. The van der Waals surface area contributed by atoms with Gasteiger partial charge in [-0.3, -0.25) is 9.80 Å². The van der Waals surface area contributed by atoms with Crippen LogP contribution in [-0.4, -0.2) is 71.5 Å². The van der Waals surface area contributed by atoms with Crippen LogP contribution in [0.2, 0.25) is 0 Å². The van der Waals surface area contributed by atoms with Gasteiger partial charge in [0.2, 0.25) is 0 Å². The van der Waals surface area contributed by atoms with Crippen molar-refractivity contribution in [2.45, 2.75) is 233 Å². The molecule has 0 aromatic rings. The summed E-state index contributed by atoms with van der Waals surface area (Å²) >= 11 is 0. The van der Waals surface area contributed by atoms with Crippen molar-refractivity contribution in [3.05, 3.63) is 0 Å². The first kappa shape index (κ1) is 42.0. The number of hydrogen-bond acceptors (Lipinski definition) is 4. The molecule has 2 saturated heterocycles. The van der Waals surface area contributed by atoms with Crippen LogP contribution in [0, 0.1) is 11.8 Å². The topological polar surface area (TPSA) is 24.9 Å². The number of likely N-dealkylation sites (tertiary alicyclic amines) is 2. The summed E-state index contributed by atoms with van der Waals surface area (Å²) in [5, 5.41) is 0. The fourth-order valence-corrected chi connectivity index (χ4v) is 8.84. The molecule has 274 valence electrons. The van der Waals surface area contributed by atoms with Crippen molar-refractivity contribution >= 4 is 0 Å². The maximum absolute atomic E-state index is 6.55. The standard InChI is InChI=1S/C42H84N2O2/c1-11-13-15-19-23-27-43-39(35(3)4)31-37(33-41(43,7)8)45-29-25-21-17-18-22-26-30-46-38-32-40(36(5)6)44(42(9,10)34-38)28-24-20-16-14-12-2/h35-40H,11-34H2,1-10H3. The molecule has 0 bridgehead atoms. The molecular formula is C42H84N2O2. The highest BCUT2D eigenvalue weighted by Crippen LogP contribution is 2.38. The molecule has 2 rings (SSSR count). The Morgan fingerprint density at radius 3 is 1.17 bits per heavy atom. The number of nitrogens with zero attached hydrogens (tertiary/aromatic N) is 2. The molecule has 0 aromatic heterocycles. The summed E-state index contributed by atoms with van der Waals surface area (Å²) in [6, 6.07) is 1.30. The molecule has 0 aromatic carbocycles. The Hall–Kier alpha value is -0.160. The van der Waals surface area contributed by atoms with Crippen LogP contribution in [0.3, 0.4) is 0 Å². The monoisotopic (exact) mass is 649 g/mol. The van der Waals surface area contributed by atoms with Crippen molar-refractivity contribution in [1.29, 1.82) is 0 Å². The van der Waals surface area contributed by atoms with Gasteiger partial charge in [-0.15, -0.1) is 0 Å². The first-order chi connectivity index (χ1) is 21.9. The lowest BCUT2D eigenvalue weighted by Crippen LogP contribution is -2.59. The lowest BCUT2D eigenvalue weighted by molar-refractivity contribution is -0.0850. The fourth-order valence-electron chi connectivity index (χ4n) is 8.84. The SMILES string of the molecule is CCCCCCCN1C(C(C)C)CC(OCCCCCCCCOC2CC(C(C)C)N(CCCCCCC)C(C)(C)C2)CC1(C)C. The Morgan fingerprint density at radius 1 is 0.500 bits per heavy atom. The van der Waals surface area contributed by atoms with Crippen molar-refractivity contribution < 1.29 is 9.47 Å². The van der Waals surface area contributed by atoms with Crippen LogP contribution in [0.15, 0.2) is 0 Å². The zero-order chi connectivity index (χ0) is 34.0. The average Bonchev–Trinajstić information content (AvgIpc) is 2.98. The Labute approximate surface area is 289 Å². The molecule has 4 unspecified atom stereocenters. The van der Waals surface area contributed by atoms with Gasteiger partial charge in [0.1, 0.15) is 0 Å². The van der Waals surface area contributed by atoms with E-state index in [1.165, 1.54) is 142 Å². The molecule has 46 heavy (non-hydrogen) atoms. The molecule has 2 heterocycles. The normalized spacial score (nSPS) is 25.6. The maximum Gasteiger partial charge on any atom is 0.0607 e. The molecule has 4 heteroatoms. The van der Waals surface area contributed by atoms with E-state index in [0.29, 0.717) is 36.1 Å². The number of ether oxygens (including phenoxy) is 2. The predicted octanol–water partition coefficient (Wildman–Crippen LogP) is 11.8. The molecule has 0 saturated carbocycles. The third-order valence-corrected chi connectivity index (χ3v) is 11.6. The van der Waals surface area contributed by atoms with Gasteiger partial charge < -0.3 is 9.47 Å². The first-order valence-corrected chi connectivity index (χ1v) is 20.7. The zero-order valence-electron chi connectivity index (χ0n) is 33.1. The van der Waals surface area contributed by atoms with E-state index in [9.17, 15) is 0 Å². The maximum atomic E-state index is 6.55. The molecule has 0 spiro atoms. The minimum atomic E-state index is 0.237. The van der Waals surface area contributed by atoms with Crippen LogP contribution in [0.25, 0.3) is 0 Å². The molecule has 0 N–H and O–H groups in total. The highest BCUT2D eigenvalue weighted by molar-refractivity contribution is 4.97. The molecule has 4 atom stereocenters. The third kappa shape index (κ3) is 15.2. The largest absolute Gasteiger partial charge is 0.378 e. The van der Waals surface area contributed by atoms with Crippen molar-refractivity contribution in [2.24, 2.45) is 11.8 Å². The van der Waals surface area contributed by atoms with Crippen molar-refractivity contribution in [3.63, 3.8) is 0 Å². The van der Waals surface area contributed by atoms with E-state index in [4.69, 9.17) is 9.47 Å². The molecule has 0 radical (unpaired) electrons. The van der Waals surface area contributed by atoms with E-state index in [1.54, 1.807) is 0 Å². The van der Waals surface area contributed by atoms with Gasteiger partial charge >= 0.3 is 0 Å². The summed E-state index contributed by atoms with van der Waals surface area (Å²) in [7, 11) is 0. The minimum Gasteiger partial charge on any atom is -0.378 e. The smallest absolute Gasteiger partial charge is 0.0607 e. The summed E-state index contributed by atoms with van der Waals surface area (Å²) in [6.45, 7) is 28.6. The summed E-state index contributed by atoms with van der Waals surface area (Å²) in [6.07, 6.45) is 27.0. The fraction of sp³-hybridized carbons (Fsp3) is 1.00. The summed E-state index contributed by atoms with van der Waals surface area (Å²) in [5.74, 6) is 1.37. The summed E-state index contributed by atoms with van der Waals surface area (Å²) in [4.78, 5) is 5.69. The summed E-state index contributed by atoms with van der Waals surface area (Å²) in [5.41, 5.74) is 0.474. The molecule has 4 nitrogen and oxygen atoms in total. The highest BCUT2D eigenvalue weighted by Gasteiger charge is 2.43. The quantitative estimate of drug-likeness (QED) is 0.0920. The van der Waals surface area contributed by atoms with Crippen LogP contribution < -0.4 is 0 Å². The van der Waals surface area contributed by atoms with E-state index < -0.39 is 0 Å². The lowest BCUT2D eigenvalue weighted by atomic mass is 9.80. The van der Waals surface area contributed by atoms with Crippen molar-refractivity contribution in [2.75, 3.05) is 26.3 Å². The lowest BCUT2D eigenvalue weighted by Gasteiger charge is -2.52. The molecule has 0 aliphatic carbocycles. The Morgan fingerprint density at radius 2 is 0.826 bits per heavy atom. The molecule has 2 fully saturated rings. The van der Waals surface area contributed by atoms with Crippen LogP contribution in [0.5, 0.6) is 0 Å². The molecule has 2 aliphatic rings. The van der Waals surface area contributed by atoms with Gasteiger partial charge in [0, 0.05) is 36.4 Å². The Balaban J connectivity index is 1.60. The van der Waals surface area contributed by atoms with E-state index in [2.05, 4.69) is 79.0 Å². The Bertz CT molecular complexity index is 688. The molecular weight excluding hydrogens is 564 g/mol. The Kier molecular flexibility index (Phi) is 20.6. The van der Waals surface area contributed by atoms with Crippen LogP contribution >= 0.6 is 0 Å². The molecule has 2 aliphatic heterocycles. The van der Waals surface area contributed by atoms with Gasteiger partial charge in [-0.05, 0) is 104 Å². The van der Waals surface area contributed by atoms with Gasteiger partial charge in [-0.1, -0.05) is 119 Å². The predicted molar refractivity (Wildman–Crippen MR) is 202 cm³/mol. The van der Waals surface area contributed by atoms with E-state index in [1.807, 2.05) is 0 Å². The van der Waals surface area contributed by atoms with E-state index >= 15 is 0 Å². The van der Waals surface area contributed by atoms with Gasteiger partial charge in [0.15, 0.2) is 0 Å². The van der Waals surface area contributed by atoms with Crippen LogP contribution in [0.1, 0.15) is 198 Å². The minimum absolute atomic E-state index is 0.237. The van der Waals surface area contributed by atoms with E-state index in [-0.39, 0.29) is 11.1 Å². The summed E-state index contributed by atoms with van der Waals surface area (Å²) < 4.78 is 13.1. The number of piperidine rings is 2. The average molecular weight is 649 g/mol. The van der Waals surface area contributed by atoms with E-state index in [0.717, 1.165) is 13.2 Å². The zero-order valence-corrected chi connectivity index (χ0v) is 33.1. The van der Waals surface area contributed by atoms with Gasteiger partial charge in [-0.25, -0.2) is 0 Å². The number of unbranched alkanes of at least 4 members (excludes halogenated alkanes) is 13. The van der Waals surface area contributed by atoms with Crippen LogP contribution in [0.4, 0.5) is 0 Å². The van der Waals surface area contributed by atoms with Gasteiger partial charge in [0.25, 0.3) is 0 Å². The number of rotatable bonds is 25. The van der Waals surface area contributed by atoms with Crippen LogP contribution in [-0.2, 0) is 9.47 Å². The second-order valence-electron chi connectivity index (χ2n) is 17.4. The highest BCUT2D eigenvalue weighted by atomic mass is 16.5. The van der Waals surface area contributed by atoms with Crippen molar-refractivity contribution in [3.8, 4) is 0 Å². The second kappa shape index (κ2) is 22.5. The third-order valence-electron chi connectivity index (χ3n) is 11.6. The number of hydrogen-bond donors (Lipinski definition) is 0.